The van der Waals surface area contributed by atoms with Crippen LogP contribution in [0, 0.1) is 0 Å². The summed E-state index contributed by atoms with van der Waals surface area (Å²) >= 11 is 4.66. The molecule has 0 saturated carbocycles. The van der Waals surface area contributed by atoms with Crippen LogP contribution in [0.4, 0.5) is 0 Å². The van der Waals surface area contributed by atoms with Gasteiger partial charge in [-0.2, -0.15) is 0 Å². The minimum absolute atomic E-state index is 0.377. The fourth-order valence-electron chi connectivity index (χ4n) is 0.234. The van der Waals surface area contributed by atoms with Crippen LogP contribution in [0.25, 0.3) is 0 Å². The van der Waals surface area contributed by atoms with Crippen LogP contribution in [0.2, 0.25) is 0 Å². The first kappa shape index (κ1) is 4.87. The molecule has 1 saturated heterocycles. The average molecular weight is 123 g/mol. The van der Waals surface area contributed by atoms with Crippen molar-refractivity contribution in [3.8, 4) is 0 Å². The van der Waals surface area contributed by atoms with E-state index in [4.69, 9.17) is 0 Å². The molecule has 1 aliphatic heterocycles. The van der Waals surface area contributed by atoms with Gasteiger partial charge in [0, 0.05) is 0 Å². The Balaban J connectivity index is 2.24. The van der Waals surface area contributed by atoms with Crippen molar-refractivity contribution in [2.75, 3.05) is 6.61 Å². The zero-order valence-electron chi connectivity index (χ0n) is 3.39. The van der Waals surface area contributed by atoms with Gasteiger partial charge in [0.15, 0.2) is 6.10 Å². The summed E-state index contributed by atoms with van der Waals surface area (Å²) in [5.41, 5.74) is 0. The number of epoxide rings is 1. The van der Waals surface area contributed by atoms with Crippen LogP contribution in [0.3, 0.4) is 0 Å². The first-order valence-corrected chi connectivity index (χ1v) is 2.09. The zero-order valence-corrected chi connectivity index (χ0v) is 4.14. The highest BCUT2D eigenvalue weighted by atomic mass is 35.5. The summed E-state index contributed by atoms with van der Waals surface area (Å²) < 4.78 is 8.28. The molecule has 0 amide bonds. The van der Waals surface area contributed by atoms with E-state index in [-0.39, 0.29) is 6.10 Å². The number of carbonyl (C=O) groups excluding carboxylic acids is 1. The molecule has 3 nitrogen and oxygen atoms in total. The number of halogens is 1. The minimum atomic E-state index is -0.498. The van der Waals surface area contributed by atoms with Crippen LogP contribution in [0.5, 0.6) is 0 Å². The second-order valence-corrected chi connectivity index (χ2v) is 1.37. The first-order valence-electron chi connectivity index (χ1n) is 1.78. The van der Waals surface area contributed by atoms with Crippen molar-refractivity contribution in [3.05, 3.63) is 0 Å². The van der Waals surface area contributed by atoms with E-state index in [2.05, 4.69) is 20.9 Å². The molecule has 0 N–H and O–H groups in total. The smallest absolute Gasteiger partial charge is 0.355 e. The van der Waals surface area contributed by atoms with Crippen molar-refractivity contribution < 1.29 is 13.8 Å². The van der Waals surface area contributed by atoms with E-state index < -0.39 is 5.97 Å². The van der Waals surface area contributed by atoms with E-state index in [9.17, 15) is 4.79 Å². The number of hydrogen-bond donors (Lipinski definition) is 0. The molecule has 1 fully saturated rings. The van der Waals surface area contributed by atoms with Crippen LogP contribution < -0.4 is 0 Å². The van der Waals surface area contributed by atoms with E-state index in [1.165, 1.54) is 0 Å². The van der Waals surface area contributed by atoms with E-state index >= 15 is 0 Å². The highest BCUT2D eigenvalue weighted by Crippen LogP contribution is 2.10. The molecular formula is C3H3ClO3. The van der Waals surface area contributed by atoms with Gasteiger partial charge in [-0.25, -0.2) is 4.79 Å². The highest BCUT2D eigenvalue weighted by Gasteiger charge is 2.32. The molecule has 0 bridgehead atoms. The quantitative estimate of drug-likeness (QED) is 0.463. The zero-order chi connectivity index (χ0) is 5.28. The fourth-order valence-corrected chi connectivity index (χ4v) is 0.333. The Labute approximate surface area is 45.3 Å². The number of rotatable bonds is 1. The van der Waals surface area contributed by atoms with Gasteiger partial charge in [-0.3, -0.25) is 0 Å². The molecule has 1 atom stereocenters. The number of carbonyl (C=O) groups is 1. The predicted octanol–water partition coefficient (Wildman–Crippen LogP) is 0.0822. The predicted molar refractivity (Wildman–Crippen MR) is 21.7 cm³/mol. The maximum Gasteiger partial charge on any atom is 0.355 e. The van der Waals surface area contributed by atoms with Gasteiger partial charge >= 0.3 is 5.97 Å². The summed E-state index contributed by atoms with van der Waals surface area (Å²) in [7, 11) is 0. The molecular weight excluding hydrogens is 119 g/mol. The third kappa shape index (κ3) is 1.04. The van der Waals surface area contributed by atoms with Crippen LogP contribution in [-0.4, -0.2) is 18.7 Å². The molecule has 40 valence electrons. The van der Waals surface area contributed by atoms with E-state index in [0.29, 0.717) is 6.61 Å². The Kier molecular flexibility index (Phi) is 1.17. The summed E-state index contributed by atoms with van der Waals surface area (Å²) in [5.74, 6) is -0.498. The Morgan fingerprint density at radius 3 is 2.71 bits per heavy atom. The highest BCUT2D eigenvalue weighted by molar-refractivity contribution is 6.13. The summed E-state index contributed by atoms with van der Waals surface area (Å²) in [5, 5.41) is 0. The number of hydrogen-bond acceptors (Lipinski definition) is 3. The molecule has 0 radical (unpaired) electrons. The Bertz CT molecular complexity index is 88.2. The average Bonchev–Trinajstić information content (AvgIpc) is 2.44. The van der Waals surface area contributed by atoms with E-state index in [1.807, 2.05) is 0 Å². The lowest BCUT2D eigenvalue weighted by atomic mass is 10.5. The van der Waals surface area contributed by atoms with Gasteiger partial charge in [-0.15, -0.1) is 0 Å². The van der Waals surface area contributed by atoms with Gasteiger partial charge in [0.25, 0.3) is 0 Å². The number of ether oxygens (including phenoxy) is 1. The molecule has 0 aliphatic carbocycles. The summed E-state index contributed by atoms with van der Waals surface area (Å²) in [6.07, 6.45) is -0.377. The largest absolute Gasteiger partial charge is 0.361 e. The fraction of sp³-hybridized carbons (Fsp3) is 0.667. The monoisotopic (exact) mass is 122 g/mol. The van der Waals surface area contributed by atoms with Crippen LogP contribution in [-0.2, 0) is 13.8 Å². The molecule has 0 aromatic carbocycles. The lowest BCUT2D eigenvalue weighted by molar-refractivity contribution is -0.135. The molecule has 1 unspecified atom stereocenters. The summed E-state index contributed by atoms with van der Waals surface area (Å²) in [6.45, 7) is 0.450. The topological polar surface area (TPSA) is 38.8 Å². The van der Waals surface area contributed by atoms with Crippen molar-refractivity contribution in [2.24, 2.45) is 0 Å². The van der Waals surface area contributed by atoms with Crippen LogP contribution >= 0.6 is 11.9 Å². The normalized spacial score (nSPS) is 26.7. The maximum atomic E-state index is 10.1. The van der Waals surface area contributed by atoms with Gasteiger partial charge in [0.2, 0.25) is 0 Å². The Morgan fingerprint density at radius 1 is 2.00 bits per heavy atom. The van der Waals surface area contributed by atoms with Crippen LogP contribution in [0.1, 0.15) is 0 Å². The van der Waals surface area contributed by atoms with Gasteiger partial charge in [-0.05, 0) is 0 Å². The minimum Gasteiger partial charge on any atom is -0.361 e. The molecule has 7 heavy (non-hydrogen) atoms. The van der Waals surface area contributed by atoms with Gasteiger partial charge < -0.3 is 9.03 Å². The van der Waals surface area contributed by atoms with Crippen molar-refractivity contribution in [3.63, 3.8) is 0 Å². The Hall–Kier alpha value is -0.280. The molecule has 0 aromatic rings. The van der Waals surface area contributed by atoms with E-state index in [0.717, 1.165) is 0 Å². The summed E-state index contributed by atoms with van der Waals surface area (Å²) in [6, 6.07) is 0. The van der Waals surface area contributed by atoms with Crippen molar-refractivity contribution in [2.45, 2.75) is 6.10 Å². The lowest BCUT2D eigenvalue weighted by Gasteiger charge is -1.82. The lowest BCUT2D eigenvalue weighted by Crippen LogP contribution is -2.04. The molecule has 1 rings (SSSR count). The maximum absolute atomic E-state index is 10.1. The summed E-state index contributed by atoms with van der Waals surface area (Å²) in [4.78, 5) is 10.1. The van der Waals surface area contributed by atoms with Crippen molar-refractivity contribution >= 4 is 17.8 Å². The second kappa shape index (κ2) is 1.68. The Morgan fingerprint density at radius 2 is 2.57 bits per heavy atom. The molecule has 1 aliphatic rings. The second-order valence-electron chi connectivity index (χ2n) is 1.22. The molecule has 1 heterocycles. The van der Waals surface area contributed by atoms with Crippen molar-refractivity contribution in [1.29, 1.82) is 0 Å². The standard InChI is InChI=1S/C3H3ClO3/c4-7-3(5)2-1-6-2/h2H,1H2. The van der Waals surface area contributed by atoms with Crippen molar-refractivity contribution in [1.82, 2.24) is 0 Å². The third-order valence-electron chi connectivity index (χ3n) is 0.672. The van der Waals surface area contributed by atoms with E-state index in [1.54, 1.807) is 0 Å². The van der Waals surface area contributed by atoms with Gasteiger partial charge in [0.1, 0.15) is 11.9 Å². The van der Waals surface area contributed by atoms with Crippen LogP contribution in [0.15, 0.2) is 0 Å². The molecule has 4 heteroatoms. The molecule has 0 spiro atoms. The van der Waals surface area contributed by atoms with Gasteiger partial charge in [0.05, 0.1) is 6.61 Å². The third-order valence-corrected chi connectivity index (χ3v) is 0.824. The van der Waals surface area contributed by atoms with Gasteiger partial charge in [-0.1, -0.05) is 0 Å². The first-order chi connectivity index (χ1) is 3.34. The SMILES string of the molecule is O=C(OCl)C1CO1. The molecule has 0 aromatic heterocycles.